The van der Waals surface area contributed by atoms with Crippen molar-refractivity contribution in [3.05, 3.63) is 29.3 Å². The number of aliphatic hydroxyl groups is 1. The first-order valence-electron chi connectivity index (χ1n) is 5.15. The Morgan fingerprint density at radius 3 is 2.69 bits per heavy atom. The summed E-state index contributed by atoms with van der Waals surface area (Å²) in [6, 6.07) is 5.45. The quantitative estimate of drug-likeness (QED) is 0.748. The molecule has 0 bridgehead atoms. The van der Waals surface area contributed by atoms with Crippen LogP contribution in [0.5, 0.6) is 0 Å². The van der Waals surface area contributed by atoms with Gasteiger partial charge in [0, 0.05) is 5.56 Å². The van der Waals surface area contributed by atoms with Gasteiger partial charge in [-0.1, -0.05) is 18.2 Å². The normalized spacial score (nSPS) is 16.0. The zero-order valence-corrected chi connectivity index (χ0v) is 9.06. The van der Waals surface area contributed by atoms with Crippen LogP contribution >= 0.6 is 0 Å². The topological polar surface area (TPSA) is 57.6 Å². The van der Waals surface area contributed by atoms with Crippen LogP contribution in [0.15, 0.2) is 18.2 Å². The lowest BCUT2D eigenvalue weighted by Gasteiger charge is -2.20. The highest BCUT2D eigenvalue weighted by Gasteiger charge is 2.30. The lowest BCUT2D eigenvalue weighted by Crippen LogP contribution is -2.26. The molecule has 1 saturated heterocycles. The molecule has 1 N–H and O–H groups in total. The molecule has 1 aliphatic rings. The van der Waals surface area contributed by atoms with E-state index in [4.69, 9.17) is 0 Å². The van der Waals surface area contributed by atoms with Gasteiger partial charge in [-0.05, 0) is 12.5 Å². The molecule has 0 radical (unpaired) electrons. The van der Waals surface area contributed by atoms with Gasteiger partial charge in [0.2, 0.25) is 5.91 Å². The second-order valence-corrected chi connectivity index (χ2v) is 3.94. The highest BCUT2D eigenvalue weighted by atomic mass is 16.3. The third kappa shape index (κ3) is 1.72. The largest absolute Gasteiger partial charge is 0.392 e. The standard InChI is InChI=1S/C12H13NO3/c1-8-3-2-4-9(7-14)12(8)13-6-10(15)5-11(13)16/h2-4,14H,5-7H2,1H3. The SMILES string of the molecule is Cc1cccc(CO)c1N1CC(=O)CC1=O. The number of benzene rings is 1. The van der Waals surface area contributed by atoms with Gasteiger partial charge in [0.15, 0.2) is 5.78 Å². The third-order valence-electron chi connectivity index (χ3n) is 2.75. The summed E-state index contributed by atoms with van der Waals surface area (Å²) in [4.78, 5) is 24.3. The molecule has 1 aliphatic heterocycles. The van der Waals surface area contributed by atoms with E-state index in [1.807, 2.05) is 19.1 Å². The maximum Gasteiger partial charge on any atom is 0.234 e. The van der Waals surface area contributed by atoms with E-state index in [9.17, 15) is 14.7 Å². The van der Waals surface area contributed by atoms with Crippen LogP contribution in [-0.4, -0.2) is 23.3 Å². The third-order valence-corrected chi connectivity index (χ3v) is 2.75. The maximum atomic E-state index is 11.6. The molecule has 1 aromatic carbocycles. The molecule has 0 atom stereocenters. The number of carbonyl (C=O) groups is 2. The number of para-hydroxylation sites is 1. The summed E-state index contributed by atoms with van der Waals surface area (Å²) in [5.41, 5.74) is 2.26. The Morgan fingerprint density at radius 2 is 2.12 bits per heavy atom. The predicted octanol–water partition coefficient (Wildman–Crippen LogP) is 0.793. The second kappa shape index (κ2) is 4.06. The molecule has 1 heterocycles. The highest BCUT2D eigenvalue weighted by Crippen LogP contribution is 2.28. The second-order valence-electron chi connectivity index (χ2n) is 3.94. The fourth-order valence-electron chi connectivity index (χ4n) is 2.02. The van der Waals surface area contributed by atoms with Gasteiger partial charge in [-0.25, -0.2) is 0 Å². The van der Waals surface area contributed by atoms with Crippen LogP contribution in [-0.2, 0) is 16.2 Å². The van der Waals surface area contributed by atoms with Gasteiger partial charge in [-0.2, -0.15) is 0 Å². The first-order chi connectivity index (χ1) is 7.63. The number of hydrogen-bond acceptors (Lipinski definition) is 3. The molecule has 1 fully saturated rings. The molecule has 0 aromatic heterocycles. The number of ketones is 1. The van der Waals surface area contributed by atoms with Crippen molar-refractivity contribution in [3.63, 3.8) is 0 Å². The number of anilines is 1. The monoisotopic (exact) mass is 219 g/mol. The number of amides is 1. The fourth-order valence-corrected chi connectivity index (χ4v) is 2.02. The van der Waals surface area contributed by atoms with Crippen LogP contribution in [0.3, 0.4) is 0 Å². The molecule has 4 nitrogen and oxygen atoms in total. The van der Waals surface area contributed by atoms with E-state index < -0.39 is 0 Å². The predicted molar refractivity (Wildman–Crippen MR) is 59.1 cm³/mol. The zero-order chi connectivity index (χ0) is 11.7. The first kappa shape index (κ1) is 10.8. The Morgan fingerprint density at radius 1 is 1.38 bits per heavy atom. The minimum atomic E-state index is -0.186. The number of Topliss-reactive ketones (excluding diaryl/α,β-unsaturated/α-hetero) is 1. The molecule has 1 aromatic rings. The lowest BCUT2D eigenvalue weighted by molar-refractivity contribution is -0.121. The van der Waals surface area contributed by atoms with E-state index in [0.717, 1.165) is 5.56 Å². The molecule has 0 saturated carbocycles. The smallest absolute Gasteiger partial charge is 0.234 e. The molecular formula is C12H13NO3. The maximum absolute atomic E-state index is 11.6. The minimum Gasteiger partial charge on any atom is -0.392 e. The van der Waals surface area contributed by atoms with Crippen LogP contribution in [0, 0.1) is 6.92 Å². The fraction of sp³-hybridized carbons (Fsp3) is 0.333. The molecule has 1 amide bonds. The number of carbonyl (C=O) groups excluding carboxylic acids is 2. The Balaban J connectivity index is 2.47. The Hall–Kier alpha value is -1.68. The summed E-state index contributed by atoms with van der Waals surface area (Å²) in [7, 11) is 0. The van der Waals surface area contributed by atoms with Gasteiger partial charge < -0.3 is 10.0 Å². The number of aryl methyl sites for hydroxylation is 1. The molecular weight excluding hydrogens is 206 g/mol. The van der Waals surface area contributed by atoms with Crippen molar-refractivity contribution < 1.29 is 14.7 Å². The molecule has 0 aliphatic carbocycles. The Kier molecular flexibility index (Phi) is 2.75. The van der Waals surface area contributed by atoms with Crippen LogP contribution in [0.25, 0.3) is 0 Å². The lowest BCUT2D eigenvalue weighted by atomic mass is 10.1. The molecule has 0 unspecified atom stereocenters. The van der Waals surface area contributed by atoms with Gasteiger partial charge >= 0.3 is 0 Å². The molecule has 16 heavy (non-hydrogen) atoms. The molecule has 4 heteroatoms. The summed E-state index contributed by atoms with van der Waals surface area (Å²) in [6.45, 7) is 1.86. The van der Waals surface area contributed by atoms with E-state index in [0.29, 0.717) is 11.3 Å². The van der Waals surface area contributed by atoms with Crippen LogP contribution < -0.4 is 4.90 Å². The molecule has 0 spiro atoms. The number of nitrogens with zero attached hydrogens (tertiary/aromatic N) is 1. The van der Waals surface area contributed by atoms with E-state index in [-0.39, 0.29) is 31.3 Å². The van der Waals surface area contributed by atoms with Crippen molar-refractivity contribution in [2.24, 2.45) is 0 Å². The number of rotatable bonds is 2. The van der Waals surface area contributed by atoms with Gasteiger partial charge in [0.05, 0.1) is 25.3 Å². The summed E-state index contributed by atoms with van der Waals surface area (Å²) >= 11 is 0. The zero-order valence-electron chi connectivity index (χ0n) is 9.06. The first-order valence-corrected chi connectivity index (χ1v) is 5.15. The van der Waals surface area contributed by atoms with Crippen molar-refractivity contribution in [2.45, 2.75) is 20.0 Å². The van der Waals surface area contributed by atoms with Gasteiger partial charge in [-0.3, -0.25) is 9.59 Å². The van der Waals surface area contributed by atoms with Crippen molar-refractivity contribution in [2.75, 3.05) is 11.4 Å². The van der Waals surface area contributed by atoms with Crippen molar-refractivity contribution >= 4 is 17.4 Å². The summed E-state index contributed by atoms with van der Waals surface area (Å²) < 4.78 is 0. The highest BCUT2D eigenvalue weighted by molar-refractivity contribution is 6.15. The van der Waals surface area contributed by atoms with Crippen molar-refractivity contribution in [1.82, 2.24) is 0 Å². The van der Waals surface area contributed by atoms with Gasteiger partial charge in [0.25, 0.3) is 0 Å². The average molecular weight is 219 g/mol. The minimum absolute atomic E-state index is 0.0286. The van der Waals surface area contributed by atoms with Crippen LogP contribution in [0.4, 0.5) is 5.69 Å². The summed E-state index contributed by atoms with van der Waals surface area (Å²) in [5.74, 6) is -0.258. The number of hydrogen-bond donors (Lipinski definition) is 1. The summed E-state index contributed by atoms with van der Waals surface area (Å²) in [6.07, 6.45) is -0.0286. The van der Waals surface area contributed by atoms with Gasteiger partial charge in [0.1, 0.15) is 0 Å². The van der Waals surface area contributed by atoms with E-state index in [1.165, 1.54) is 4.90 Å². The summed E-state index contributed by atoms with van der Waals surface area (Å²) in [5, 5.41) is 9.23. The van der Waals surface area contributed by atoms with Crippen LogP contribution in [0.2, 0.25) is 0 Å². The Labute approximate surface area is 93.5 Å². The van der Waals surface area contributed by atoms with E-state index in [2.05, 4.69) is 0 Å². The van der Waals surface area contributed by atoms with Crippen LogP contribution in [0.1, 0.15) is 17.5 Å². The van der Waals surface area contributed by atoms with Gasteiger partial charge in [-0.15, -0.1) is 0 Å². The molecule has 2 rings (SSSR count). The van der Waals surface area contributed by atoms with Crippen molar-refractivity contribution in [3.8, 4) is 0 Å². The van der Waals surface area contributed by atoms with E-state index in [1.54, 1.807) is 6.07 Å². The van der Waals surface area contributed by atoms with E-state index >= 15 is 0 Å². The Bertz CT molecular complexity index is 454. The average Bonchev–Trinajstić information content (AvgIpc) is 2.57. The number of aliphatic hydroxyl groups excluding tert-OH is 1. The van der Waals surface area contributed by atoms with Crippen molar-refractivity contribution in [1.29, 1.82) is 0 Å². The molecule has 84 valence electrons.